The first-order chi connectivity index (χ1) is 16.0. The molecule has 8 heteroatoms. The van der Waals surface area contributed by atoms with E-state index in [0.29, 0.717) is 24.4 Å². The Bertz CT molecular complexity index is 1020. The Balaban J connectivity index is 1.35. The highest BCUT2D eigenvalue weighted by atomic mass is 19.1. The third-order valence-electron chi connectivity index (χ3n) is 6.59. The van der Waals surface area contributed by atoms with Gasteiger partial charge in [-0.1, -0.05) is 18.2 Å². The molecule has 1 spiro atoms. The Kier molecular flexibility index (Phi) is 6.03. The molecular weight excluding hydrogens is 425 g/mol. The molecule has 3 fully saturated rings. The maximum absolute atomic E-state index is 13.6. The second-order valence-corrected chi connectivity index (χ2v) is 9.03. The van der Waals surface area contributed by atoms with E-state index in [1.54, 1.807) is 17.0 Å². The fourth-order valence-electron chi connectivity index (χ4n) is 4.90. The summed E-state index contributed by atoms with van der Waals surface area (Å²) in [5, 5.41) is 0. The molecule has 0 unspecified atom stereocenters. The van der Waals surface area contributed by atoms with Crippen LogP contribution in [0.1, 0.15) is 28.8 Å². The smallest absolute Gasteiger partial charge is 0.415 e. The molecule has 3 aliphatic rings. The molecule has 2 amide bonds. The van der Waals surface area contributed by atoms with Gasteiger partial charge in [0.15, 0.2) is 5.60 Å². The molecule has 3 saturated heterocycles. The highest BCUT2D eigenvalue weighted by Gasteiger charge is 2.49. The zero-order valence-electron chi connectivity index (χ0n) is 18.5. The molecule has 1 atom stereocenters. The lowest BCUT2D eigenvalue weighted by Gasteiger charge is -2.30. The number of hydrogen-bond donors (Lipinski definition) is 0. The van der Waals surface area contributed by atoms with E-state index in [0.717, 1.165) is 25.2 Å². The topological polar surface area (TPSA) is 62.3 Å². The van der Waals surface area contributed by atoms with E-state index in [1.165, 1.54) is 29.9 Å². The van der Waals surface area contributed by atoms with Gasteiger partial charge in [-0.2, -0.15) is 0 Å². The van der Waals surface area contributed by atoms with Gasteiger partial charge in [-0.15, -0.1) is 0 Å². The molecule has 2 aromatic rings. The van der Waals surface area contributed by atoms with Crippen LogP contribution < -0.4 is 4.90 Å². The minimum Gasteiger partial charge on any atom is -0.436 e. The number of benzene rings is 2. The van der Waals surface area contributed by atoms with E-state index < -0.39 is 11.7 Å². The van der Waals surface area contributed by atoms with Crippen molar-refractivity contribution in [2.75, 3.05) is 50.8 Å². The number of anilines is 1. The molecule has 0 radical (unpaired) electrons. The van der Waals surface area contributed by atoms with Crippen LogP contribution in [0.5, 0.6) is 0 Å². The van der Waals surface area contributed by atoms with Gasteiger partial charge in [0.1, 0.15) is 5.82 Å². The zero-order chi connectivity index (χ0) is 22.8. The van der Waals surface area contributed by atoms with E-state index in [1.807, 2.05) is 24.3 Å². The summed E-state index contributed by atoms with van der Waals surface area (Å²) in [6.45, 7) is 4.34. The van der Waals surface area contributed by atoms with Gasteiger partial charge in [0.2, 0.25) is 0 Å². The number of carbonyl (C=O) groups is 2. The molecular formula is C25H28FN3O4. The predicted molar refractivity (Wildman–Crippen MR) is 121 cm³/mol. The fourth-order valence-corrected chi connectivity index (χ4v) is 4.90. The number of hydrogen-bond acceptors (Lipinski definition) is 5. The van der Waals surface area contributed by atoms with Crippen molar-refractivity contribution in [2.24, 2.45) is 0 Å². The number of nitrogens with zero attached hydrogens (tertiary/aromatic N) is 3. The van der Waals surface area contributed by atoms with Crippen LogP contribution in [0.15, 0.2) is 48.5 Å². The third kappa shape index (κ3) is 4.58. The Morgan fingerprint density at radius 2 is 1.76 bits per heavy atom. The normalized spacial score (nSPS) is 23.7. The molecule has 33 heavy (non-hydrogen) atoms. The van der Waals surface area contributed by atoms with Crippen molar-refractivity contribution in [3.05, 3.63) is 65.5 Å². The van der Waals surface area contributed by atoms with Crippen LogP contribution in [0.3, 0.4) is 0 Å². The molecule has 2 aromatic carbocycles. The number of amides is 2. The summed E-state index contributed by atoms with van der Waals surface area (Å²) in [6, 6.07) is 13.5. The fraction of sp³-hybridized carbons (Fsp3) is 0.440. The maximum Gasteiger partial charge on any atom is 0.415 e. The first kappa shape index (κ1) is 21.9. The van der Waals surface area contributed by atoms with E-state index in [4.69, 9.17) is 9.47 Å². The summed E-state index contributed by atoms with van der Waals surface area (Å²) < 4.78 is 24.9. The van der Waals surface area contributed by atoms with Gasteiger partial charge in [0.25, 0.3) is 5.91 Å². The summed E-state index contributed by atoms with van der Waals surface area (Å²) in [4.78, 5) is 31.9. The lowest BCUT2D eigenvalue weighted by Crippen LogP contribution is -2.49. The molecule has 0 saturated carbocycles. The average Bonchev–Trinajstić information content (AvgIpc) is 3.38. The summed E-state index contributed by atoms with van der Waals surface area (Å²) in [6.07, 6.45) is 1.87. The zero-order valence-corrected chi connectivity index (χ0v) is 18.5. The lowest BCUT2D eigenvalue weighted by molar-refractivity contribution is -0.0140. The number of ether oxygens (including phenoxy) is 2. The highest BCUT2D eigenvalue weighted by molar-refractivity contribution is 5.96. The van der Waals surface area contributed by atoms with Gasteiger partial charge in [-0.3, -0.25) is 14.6 Å². The highest BCUT2D eigenvalue weighted by Crippen LogP contribution is 2.31. The van der Waals surface area contributed by atoms with Crippen molar-refractivity contribution in [3.8, 4) is 0 Å². The second-order valence-electron chi connectivity index (χ2n) is 9.03. The van der Waals surface area contributed by atoms with E-state index in [9.17, 15) is 14.0 Å². The van der Waals surface area contributed by atoms with Gasteiger partial charge in [0.05, 0.1) is 26.3 Å². The van der Waals surface area contributed by atoms with Crippen LogP contribution in [-0.2, 0) is 16.0 Å². The molecule has 5 rings (SSSR count). The van der Waals surface area contributed by atoms with Gasteiger partial charge in [0, 0.05) is 24.3 Å². The van der Waals surface area contributed by atoms with Gasteiger partial charge >= 0.3 is 6.09 Å². The Hall–Kier alpha value is -2.97. The van der Waals surface area contributed by atoms with E-state index >= 15 is 0 Å². The molecule has 3 aliphatic heterocycles. The Morgan fingerprint density at radius 3 is 2.55 bits per heavy atom. The lowest BCUT2D eigenvalue weighted by atomic mass is 10.0. The molecule has 174 valence electrons. The summed E-state index contributed by atoms with van der Waals surface area (Å²) >= 11 is 0. The van der Waals surface area contributed by atoms with Crippen molar-refractivity contribution in [3.63, 3.8) is 0 Å². The van der Waals surface area contributed by atoms with Crippen LogP contribution in [-0.4, -0.2) is 73.3 Å². The molecule has 0 aromatic heterocycles. The van der Waals surface area contributed by atoms with Crippen molar-refractivity contribution >= 4 is 17.7 Å². The first-order valence-electron chi connectivity index (χ1n) is 11.5. The SMILES string of the molecule is O=C(c1ccccc1CN1CCCC1)N1CCOC[C@@]2(C1)CN(c1ccc(F)cc1)C(=O)O2. The molecule has 0 bridgehead atoms. The summed E-state index contributed by atoms with van der Waals surface area (Å²) in [5.74, 6) is -0.450. The summed E-state index contributed by atoms with van der Waals surface area (Å²) in [7, 11) is 0. The number of halogens is 1. The van der Waals surface area contributed by atoms with E-state index in [-0.39, 0.29) is 31.4 Å². The third-order valence-corrected chi connectivity index (χ3v) is 6.59. The van der Waals surface area contributed by atoms with Gasteiger partial charge in [-0.25, -0.2) is 9.18 Å². The Labute approximate surface area is 192 Å². The van der Waals surface area contributed by atoms with Crippen molar-refractivity contribution in [1.29, 1.82) is 0 Å². The van der Waals surface area contributed by atoms with Crippen LogP contribution in [0.25, 0.3) is 0 Å². The van der Waals surface area contributed by atoms with Crippen molar-refractivity contribution < 1.29 is 23.5 Å². The monoisotopic (exact) mass is 453 g/mol. The number of likely N-dealkylation sites (tertiary alicyclic amines) is 1. The van der Waals surface area contributed by atoms with Crippen LogP contribution >= 0.6 is 0 Å². The maximum atomic E-state index is 13.6. The quantitative estimate of drug-likeness (QED) is 0.711. The van der Waals surface area contributed by atoms with Crippen molar-refractivity contribution in [2.45, 2.75) is 25.0 Å². The van der Waals surface area contributed by atoms with Crippen LogP contribution in [0.2, 0.25) is 0 Å². The molecule has 3 heterocycles. The number of carbonyl (C=O) groups excluding carboxylic acids is 2. The first-order valence-corrected chi connectivity index (χ1v) is 11.5. The number of rotatable bonds is 4. The molecule has 0 N–H and O–H groups in total. The summed E-state index contributed by atoms with van der Waals surface area (Å²) in [5.41, 5.74) is 1.28. The molecule has 7 nitrogen and oxygen atoms in total. The van der Waals surface area contributed by atoms with Gasteiger partial charge in [-0.05, 0) is 61.8 Å². The van der Waals surface area contributed by atoms with Crippen LogP contribution in [0, 0.1) is 5.82 Å². The van der Waals surface area contributed by atoms with Crippen molar-refractivity contribution in [1.82, 2.24) is 9.80 Å². The standard InChI is InChI=1S/C25H28FN3O4/c26-20-7-9-21(10-8-20)29-17-25(33-24(29)31)16-28(13-14-32-18-25)23(30)22-6-2-1-5-19(22)15-27-11-3-4-12-27/h1-2,5-10H,3-4,11-18H2/t25-/m1/s1. The minimum absolute atomic E-state index is 0.0778. The second kappa shape index (κ2) is 9.11. The van der Waals surface area contributed by atoms with Gasteiger partial charge < -0.3 is 14.4 Å². The largest absolute Gasteiger partial charge is 0.436 e. The minimum atomic E-state index is -0.971. The van der Waals surface area contributed by atoms with E-state index in [2.05, 4.69) is 4.90 Å². The Morgan fingerprint density at radius 1 is 1.00 bits per heavy atom. The predicted octanol–water partition coefficient (Wildman–Crippen LogP) is 3.29. The average molecular weight is 454 g/mol. The van der Waals surface area contributed by atoms with Crippen LogP contribution in [0.4, 0.5) is 14.9 Å². The molecule has 0 aliphatic carbocycles.